The number of carbonyl (C=O) groups excluding carboxylic acids is 1. The number of hydrogen-bond donors (Lipinski definition) is 1. The smallest absolute Gasteiger partial charge is 0.343 e. The molecule has 3 aromatic rings. The van der Waals surface area contributed by atoms with Gasteiger partial charge in [-0.25, -0.2) is 9.18 Å². The number of halogens is 1. The van der Waals surface area contributed by atoms with Crippen LogP contribution >= 0.6 is 0 Å². The maximum atomic E-state index is 13.6. The summed E-state index contributed by atoms with van der Waals surface area (Å²) in [5.41, 5.74) is 2.66. The van der Waals surface area contributed by atoms with Crippen LogP contribution in [-0.4, -0.2) is 11.1 Å². The topological polar surface area (TPSA) is 71.2 Å². The van der Waals surface area contributed by atoms with Crippen molar-refractivity contribution < 1.29 is 19.0 Å². The summed E-state index contributed by atoms with van der Waals surface area (Å²) in [5.74, 6) is -1.20. The monoisotopic (exact) mass is 364 g/mol. The number of aryl methyl sites for hydroxylation is 2. The molecule has 0 bridgehead atoms. The first-order valence-electron chi connectivity index (χ1n) is 8.23. The summed E-state index contributed by atoms with van der Waals surface area (Å²) in [4.78, 5) is 12.2. The summed E-state index contributed by atoms with van der Waals surface area (Å²) < 4.78 is 18.7. The predicted molar refractivity (Wildman–Crippen MR) is 99.6 cm³/mol. The highest BCUT2D eigenvalue weighted by molar-refractivity contribution is 5.91. The van der Waals surface area contributed by atoms with Gasteiger partial charge in [0.2, 0.25) is 0 Å². The summed E-state index contributed by atoms with van der Waals surface area (Å²) in [6.45, 7) is 3.56. The molecule has 0 aliphatic heterocycles. The molecule has 5 nitrogen and oxygen atoms in total. The van der Waals surface area contributed by atoms with Gasteiger partial charge in [-0.1, -0.05) is 18.2 Å². The Balaban J connectivity index is 1.79. The standard InChI is InChI=1S/C21H17FN2O3/c1-13-10-17(11-14(2)20(13)25)24-23-16-7-5-6-15(12-16)21(26)27-19-9-4-3-8-18(19)22/h3-12,25H,1-2H3/b24-23+. The van der Waals surface area contributed by atoms with Crippen LogP contribution in [0.5, 0.6) is 11.5 Å². The number of hydrogen-bond acceptors (Lipinski definition) is 5. The van der Waals surface area contributed by atoms with Gasteiger partial charge in [0.1, 0.15) is 5.75 Å². The van der Waals surface area contributed by atoms with Crippen LogP contribution in [0.25, 0.3) is 0 Å². The summed E-state index contributed by atoms with van der Waals surface area (Å²) in [6, 6.07) is 15.5. The fourth-order valence-corrected chi connectivity index (χ4v) is 2.49. The Morgan fingerprint density at radius 1 is 0.926 bits per heavy atom. The Bertz CT molecular complexity index is 1010. The van der Waals surface area contributed by atoms with E-state index in [4.69, 9.17) is 4.74 Å². The SMILES string of the molecule is Cc1cc(/N=N/c2cccc(C(=O)Oc3ccccc3F)c2)cc(C)c1O. The number of esters is 1. The van der Waals surface area contributed by atoms with Crippen molar-refractivity contribution in [3.8, 4) is 11.5 Å². The third kappa shape index (κ3) is 4.36. The predicted octanol–water partition coefficient (Wildman–Crippen LogP) is 5.78. The van der Waals surface area contributed by atoms with Crippen molar-refractivity contribution in [3.63, 3.8) is 0 Å². The molecule has 0 fully saturated rings. The van der Waals surface area contributed by atoms with Crippen molar-refractivity contribution in [3.05, 3.63) is 83.2 Å². The molecule has 3 aromatic carbocycles. The van der Waals surface area contributed by atoms with Crippen molar-refractivity contribution in [1.29, 1.82) is 0 Å². The molecule has 0 unspecified atom stereocenters. The Hall–Kier alpha value is -3.54. The number of nitrogens with zero attached hydrogens (tertiary/aromatic N) is 2. The summed E-state index contributed by atoms with van der Waals surface area (Å²) in [6.07, 6.45) is 0. The average molecular weight is 364 g/mol. The molecule has 3 rings (SSSR count). The number of rotatable bonds is 4. The molecule has 0 atom stereocenters. The molecule has 0 saturated carbocycles. The molecule has 6 heteroatoms. The van der Waals surface area contributed by atoms with Gasteiger partial charge in [-0.3, -0.25) is 0 Å². The molecule has 136 valence electrons. The highest BCUT2D eigenvalue weighted by atomic mass is 19.1. The van der Waals surface area contributed by atoms with Gasteiger partial charge < -0.3 is 9.84 Å². The van der Waals surface area contributed by atoms with E-state index in [1.54, 1.807) is 50.2 Å². The first-order chi connectivity index (χ1) is 12.9. The van der Waals surface area contributed by atoms with Crippen LogP contribution in [0.2, 0.25) is 0 Å². The van der Waals surface area contributed by atoms with Gasteiger partial charge >= 0.3 is 5.97 Å². The second kappa shape index (κ2) is 7.78. The molecule has 0 aliphatic carbocycles. The van der Waals surface area contributed by atoms with Gasteiger partial charge in [-0.05, 0) is 67.4 Å². The van der Waals surface area contributed by atoms with E-state index in [2.05, 4.69) is 10.2 Å². The summed E-state index contributed by atoms with van der Waals surface area (Å²) in [5, 5.41) is 18.1. The minimum atomic E-state index is -0.687. The molecule has 27 heavy (non-hydrogen) atoms. The minimum absolute atomic E-state index is 0.135. The second-order valence-electron chi connectivity index (χ2n) is 6.00. The lowest BCUT2D eigenvalue weighted by Crippen LogP contribution is -2.09. The number of phenols is 1. The van der Waals surface area contributed by atoms with E-state index in [1.807, 2.05) is 0 Å². The van der Waals surface area contributed by atoms with E-state index in [9.17, 15) is 14.3 Å². The van der Waals surface area contributed by atoms with Crippen molar-refractivity contribution in [2.24, 2.45) is 10.2 Å². The number of benzene rings is 3. The van der Waals surface area contributed by atoms with Crippen molar-refractivity contribution in [1.82, 2.24) is 0 Å². The van der Waals surface area contributed by atoms with Crippen LogP contribution in [0.3, 0.4) is 0 Å². The van der Waals surface area contributed by atoms with Crippen LogP contribution < -0.4 is 4.74 Å². The Kier molecular flexibility index (Phi) is 5.26. The van der Waals surface area contributed by atoms with E-state index in [0.29, 0.717) is 22.5 Å². The quantitative estimate of drug-likeness (QED) is 0.362. The maximum Gasteiger partial charge on any atom is 0.343 e. The zero-order chi connectivity index (χ0) is 19.4. The van der Waals surface area contributed by atoms with Gasteiger partial charge in [0.15, 0.2) is 11.6 Å². The Morgan fingerprint density at radius 3 is 2.30 bits per heavy atom. The van der Waals surface area contributed by atoms with Crippen molar-refractivity contribution in [2.75, 3.05) is 0 Å². The van der Waals surface area contributed by atoms with E-state index in [-0.39, 0.29) is 17.1 Å². The van der Waals surface area contributed by atoms with E-state index in [0.717, 1.165) is 0 Å². The number of aromatic hydroxyl groups is 1. The fourth-order valence-electron chi connectivity index (χ4n) is 2.49. The number of ether oxygens (including phenoxy) is 1. The molecule has 0 spiro atoms. The number of azo groups is 1. The summed E-state index contributed by atoms with van der Waals surface area (Å²) >= 11 is 0. The van der Waals surface area contributed by atoms with E-state index < -0.39 is 11.8 Å². The normalized spacial score (nSPS) is 10.9. The van der Waals surface area contributed by atoms with Crippen molar-refractivity contribution >= 4 is 17.3 Å². The number of carbonyl (C=O) groups is 1. The number of phenolic OH excluding ortho intramolecular Hbond substituents is 1. The fraction of sp³-hybridized carbons (Fsp3) is 0.0952. The zero-order valence-corrected chi connectivity index (χ0v) is 14.8. The third-order valence-corrected chi connectivity index (χ3v) is 3.88. The highest BCUT2D eigenvalue weighted by Crippen LogP contribution is 2.28. The van der Waals surface area contributed by atoms with Crippen LogP contribution in [0.1, 0.15) is 21.5 Å². The van der Waals surface area contributed by atoms with Gasteiger partial charge in [-0.15, -0.1) is 0 Å². The first-order valence-corrected chi connectivity index (χ1v) is 8.23. The average Bonchev–Trinajstić information content (AvgIpc) is 2.66. The largest absolute Gasteiger partial charge is 0.507 e. The molecule has 0 aromatic heterocycles. The van der Waals surface area contributed by atoms with Crippen LogP contribution in [0, 0.1) is 19.7 Å². The Morgan fingerprint density at radius 2 is 1.59 bits per heavy atom. The molecule has 0 amide bonds. The maximum absolute atomic E-state index is 13.6. The van der Waals surface area contributed by atoms with Gasteiger partial charge in [-0.2, -0.15) is 10.2 Å². The summed E-state index contributed by atoms with van der Waals surface area (Å²) in [7, 11) is 0. The van der Waals surface area contributed by atoms with E-state index >= 15 is 0 Å². The third-order valence-electron chi connectivity index (χ3n) is 3.88. The minimum Gasteiger partial charge on any atom is -0.507 e. The molecular weight excluding hydrogens is 347 g/mol. The molecule has 0 aliphatic rings. The molecule has 0 heterocycles. The second-order valence-corrected chi connectivity index (χ2v) is 6.00. The number of para-hydroxylation sites is 1. The Labute approximate surface area is 155 Å². The molecule has 0 radical (unpaired) electrons. The molecular formula is C21H17FN2O3. The van der Waals surface area contributed by atoms with Gasteiger partial charge in [0, 0.05) is 0 Å². The lowest BCUT2D eigenvalue weighted by molar-refractivity contribution is 0.0728. The molecule has 1 N–H and O–H groups in total. The lowest BCUT2D eigenvalue weighted by Gasteiger charge is -2.05. The van der Waals surface area contributed by atoms with Crippen LogP contribution in [0.15, 0.2) is 70.9 Å². The van der Waals surface area contributed by atoms with E-state index in [1.165, 1.54) is 24.3 Å². The van der Waals surface area contributed by atoms with Crippen LogP contribution in [0.4, 0.5) is 15.8 Å². The highest BCUT2D eigenvalue weighted by Gasteiger charge is 2.12. The lowest BCUT2D eigenvalue weighted by atomic mass is 10.1. The zero-order valence-electron chi connectivity index (χ0n) is 14.8. The van der Waals surface area contributed by atoms with Crippen LogP contribution in [-0.2, 0) is 0 Å². The first kappa shape index (κ1) is 18.3. The molecule has 0 saturated heterocycles. The van der Waals surface area contributed by atoms with Gasteiger partial charge in [0.05, 0.1) is 16.9 Å². The van der Waals surface area contributed by atoms with Crippen molar-refractivity contribution in [2.45, 2.75) is 13.8 Å². The van der Waals surface area contributed by atoms with Gasteiger partial charge in [0.25, 0.3) is 0 Å².